The van der Waals surface area contributed by atoms with Crippen LogP contribution in [0.3, 0.4) is 0 Å². The third-order valence-electron chi connectivity index (χ3n) is 7.12. The Bertz CT molecular complexity index is 1420. The molecule has 1 saturated heterocycles. The lowest BCUT2D eigenvalue weighted by molar-refractivity contribution is -0.138. The zero-order chi connectivity index (χ0) is 30.4. The zero-order valence-electron chi connectivity index (χ0n) is 23.9. The lowest BCUT2D eigenvalue weighted by atomic mass is 10.00. The number of carbonyl (C=O) groups is 3. The predicted octanol–water partition coefficient (Wildman–Crippen LogP) is 2.76. The molecule has 0 aliphatic carbocycles. The first-order valence-corrected chi connectivity index (χ1v) is 13.9. The second-order valence-electron chi connectivity index (χ2n) is 10.4. The van der Waals surface area contributed by atoms with Gasteiger partial charge in [-0.2, -0.15) is 0 Å². The Morgan fingerprint density at radius 1 is 1.00 bits per heavy atom. The number of carbonyl (C=O) groups excluding carboxylic acids is 2. The molecule has 13 heteroatoms. The van der Waals surface area contributed by atoms with Crippen molar-refractivity contribution in [2.45, 2.75) is 39.4 Å². The summed E-state index contributed by atoms with van der Waals surface area (Å²) in [6.45, 7) is 8.10. The topological polar surface area (TPSA) is 153 Å². The van der Waals surface area contributed by atoms with Crippen molar-refractivity contribution in [3.63, 3.8) is 0 Å². The number of alkyl halides is 1. The van der Waals surface area contributed by atoms with Crippen LogP contribution < -0.4 is 10.6 Å². The van der Waals surface area contributed by atoms with E-state index < -0.39 is 24.7 Å². The lowest BCUT2D eigenvalue weighted by Gasteiger charge is -2.35. The Morgan fingerprint density at radius 3 is 2.31 bits per heavy atom. The maximum atomic E-state index is 14.1. The van der Waals surface area contributed by atoms with Crippen LogP contribution in [0, 0.1) is 0 Å². The van der Waals surface area contributed by atoms with Crippen LogP contribution in [0.5, 0.6) is 5.75 Å². The highest BCUT2D eigenvalue weighted by molar-refractivity contribution is 5.92. The molecule has 1 unspecified atom stereocenters. The maximum Gasteiger partial charge on any atom is 0.404 e. The summed E-state index contributed by atoms with van der Waals surface area (Å²) in [6.07, 6.45) is -3.29. The third-order valence-corrected chi connectivity index (χ3v) is 7.12. The van der Waals surface area contributed by atoms with E-state index in [9.17, 15) is 23.9 Å². The van der Waals surface area contributed by atoms with E-state index in [-0.39, 0.29) is 23.4 Å². The van der Waals surface area contributed by atoms with Gasteiger partial charge in [-0.1, -0.05) is 32.0 Å². The van der Waals surface area contributed by atoms with Gasteiger partial charge in [-0.3, -0.25) is 19.1 Å². The van der Waals surface area contributed by atoms with Crippen molar-refractivity contribution >= 4 is 17.9 Å². The zero-order valence-corrected chi connectivity index (χ0v) is 23.9. The third kappa shape index (κ3) is 7.03. The fourth-order valence-electron chi connectivity index (χ4n) is 4.78. The Morgan fingerprint density at radius 2 is 1.69 bits per heavy atom. The van der Waals surface area contributed by atoms with Gasteiger partial charge in [0.05, 0.1) is 12.1 Å². The first-order valence-electron chi connectivity index (χ1n) is 13.9. The summed E-state index contributed by atoms with van der Waals surface area (Å²) in [5.41, 5.74) is 3.11. The van der Waals surface area contributed by atoms with Crippen LogP contribution in [0.2, 0.25) is 0 Å². The van der Waals surface area contributed by atoms with E-state index in [1.165, 1.54) is 4.90 Å². The van der Waals surface area contributed by atoms with Gasteiger partial charge in [-0.15, -0.1) is 10.2 Å². The number of piperazine rings is 1. The normalized spacial score (nSPS) is 14.5. The van der Waals surface area contributed by atoms with Crippen molar-refractivity contribution in [3.8, 4) is 22.8 Å². The first kappa shape index (κ1) is 30.4. The number of hydrogen-bond acceptors (Lipinski definition) is 7. The molecule has 1 atom stereocenters. The molecular formula is C29H36FN7O5. The van der Waals surface area contributed by atoms with Crippen molar-refractivity contribution < 1.29 is 29.0 Å². The van der Waals surface area contributed by atoms with Crippen molar-refractivity contribution in [1.29, 1.82) is 0 Å². The molecule has 3 amide bonds. The van der Waals surface area contributed by atoms with E-state index in [1.807, 2.05) is 48.6 Å². The van der Waals surface area contributed by atoms with Gasteiger partial charge in [-0.05, 0) is 48.2 Å². The maximum absolute atomic E-state index is 14.1. The number of aromatic nitrogens is 3. The fraction of sp³-hybridized carbons (Fsp3) is 0.414. The van der Waals surface area contributed by atoms with Gasteiger partial charge in [0.2, 0.25) is 5.82 Å². The molecule has 224 valence electrons. The summed E-state index contributed by atoms with van der Waals surface area (Å²) < 4.78 is 15.7. The number of halogens is 1. The quantitative estimate of drug-likeness (QED) is 0.285. The molecule has 1 aromatic heterocycles. The molecule has 1 fully saturated rings. The molecule has 4 rings (SSSR count). The molecule has 4 N–H and O–H groups in total. The van der Waals surface area contributed by atoms with Crippen LogP contribution in [-0.2, 0) is 11.3 Å². The molecule has 0 saturated carbocycles. The molecule has 42 heavy (non-hydrogen) atoms. The van der Waals surface area contributed by atoms with Gasteiger partial charge in [0.25, 0.3) is 11.8 Å². The molecule has 0 spiro atoms. The molecule has 0 radical (unpaired) electrons. The molecule has 2 heterocycles. The minimum atomic E-state index is -1.91. The van der Waals surface area contributed by atoms with Crippen LogP contribution in [0.4, 0.5) is 9.18 Å². The van der Waals surface area contributed by atoms with Crippen LogP contribution in [-0.4, -0.2) is 98.1 Å². The van der Waals surface area contributed by atoms with Crippen molar-refractivity contribution in [3.05, 3.63) is 59.4 Å². The summed E-state index contributed by atoms with van der Waals surface area (Å²) in [7, 11) is 0. The van der Waals surface area contributed by atoms with Crippen LogP contribution in [0.15, 0.2) is 42.5 Å². The Kier molecular flexibility index (Phi) is 9.73. The van der Waals surface area contributed by atoms with Crippen molar-refractivity contribution in [2.24, 2.45) is 0 Å². The highest BCUT2D eigenvalue weighted by Gasteiger charge is 2.28. The number of phenolic OH excluding ortho intramolecular Hbond substituents is 1. The average Bonchev–Trinajstić information content (AvgIpc) is 3.41. The average molecular weight is 582 g/mol. The molecule has 0 bridgehead atoms. The number of rotatable bonds is 10. The SMILES string of the molecule is CCNC(=O)c1nnc(-c2cc(C(C)C)ccc2O)n1-c1ccc(CN2CCN(C(=O)C(F)CNC(=O)O)CC2)cc1. The van der Waals surface area contributed by atoms with Crippen molar-refractivity contribution in [2.75, 3.05) is 39.3 Å². The standard InChI is InChI=1S/C29H36FN7O5/c1-4-31-27(39)26-34-33-25(22-15-20(18(2)3)7-10-24(22)38)37(26)21-8-5-19(6-9-21)17-35-11-13-36(14-12-35)28(40)23(30)16-32-29(41)42/h5-10,15,18,23,32,38H,4,11-14,16-17H2,1-3H3,(H,31,39)(H,41,42). The largest absolute Gasteiger partial charge is 0.507 e. The van der Waals surface area contributed by atoms with Crippen LogP contribution >= 0.6 is 0 Å². The summed E-state index contributed by atoms with van der Waals surface area (Å²) >= 11 is 0. The lowest BCUT2D eigenvalue weighted by Crippen LogP contribution is -2.52. The number of benzene rings is 2. The Labute approximate surface area is 243 Å². The monoisotopic (exact) mass is 581 g/mol. The van der Waals surface area contributed by atoms with E-state index in [1.54, 1.807) is 10.6 Å². The van der Waals surface area contributed by atoms with Gasteiger partial charge >= 0.3 is 6.09 Å². The van der Waals surface area contributed by atoms with E-state index in [0.29, 0.717) is 56.3 Å². The van der Waals surface area contributed by atoms with Gasteiger partial charge in [0.1, 0.15) is 5.75 Å². The summed E-state index contributed by atoms with van der Waals surface area (Å²) in [5.74, 6) is -0.418. The molecule has 2 aromatic carbocycles. The summed E-state index contributed by atoms with van der Waals surface area (Å²) in [4.78, 5) is 39.3. The molecule has 3 aromatic rings. The second kappa shape index (κ2) is 13.4. The molecular weight excluding hydrogens is 545 g/mol. The molecule has 1 aliphatic rings. The number of carboxylic acid groups (broad SMARTS) is 1. The number of aromatic hydroxyl groups is 1. The van der Waals surface area contributed by atoms with Gasteiger partial charge < -0.3 is 25.7 Å². The number of phenols is 1. The second-order valence-corrected chi connectivity index (χ2v) is 10.4. The highest BCUT2D eigenvalue weighted by atomic mass is 19.1. The van der Waals surface area contributed by atoms with Gasteiger partial charge in [-0.25, -0.2) is 9.18 Å². The summed E-state index contributed by atoms with van der Waals surface area (Å²) in [6, 6.07) is 12.9. The smallest absolute Gasteiger partial charge is 0.404 e. The number of nitrogens with one attached hydrogen (secondary N) is 2. The minimum absolute atomic E-state index is 0.0296. The number of amides is 3. The van der Waals surface area contributed by atoms with Crippen molar-refractivity contribution in [1.82, 2.24) is 35.2 Å². The first-order chi connectivity index (χ1) is 20.1. The molecule has 12 nitrogen and oxygen atoms in total. The van der Waals surface area contributed by atoms with Gasteiger partial charge in [0, 0.05) is 45.0 Å². The van der Waals surface area contributed by atoms with E-state index in [2.05, 4.69) is 34.3 Å². The van der Waals surface area contributed by atoms with E-state index in [0.717, 1.165) is 11.1 Å². The van der Waals surface area contributed by atoms with E-state index in [4.69, 9.17) is 5.11 Å². The molecule has 1 aliphatic heterocycles. The predicted molar refractivity (Wildman–Crippen MR) is 153 cm³/mol. The fourth-order valence-corrected chi connectivity index (χ4v) is 4.78. The number of hydrogen-bond donors (Lipinski definition) is 4. The van der Waals surface area contributed by atoms with E-state index >= 15 is 0 Å². The van der Waals surface area contributed by atoms with Gasteiger partial charge in [0.15, 0.2) is 12.0 Å². The Hall–Kier alpha value is -4.52. The highest BCUT2D eigenvalue weighted by Crippen LogP contribution is 2.33. The Balaban J connectivity index is 1.50. The number of nitrogens with zero attached hydrogens (tertiary/aromatic N) is 5. The van der Waals surface area contributed by atoms with Crippen LogP contribution in [0.25, 0.3) is 17.1 Å². The minimum Gasteiger partial charge on any atom is -0.507 e. The summed E-state index contributed by atoms with van der Waals surface area (Å²) in [5, 5.41) is 32.4. The van der Waals surface area contributed by atoms with Crippen LogP contribution in [0.1, 0.15) is 48.4 Å².